The molecular formula is C19H21N3O4S2. The van der Waals surface area contributed by atoms with Gasteiger partial charge in [0.25, 0.3) is 15.9 Å². The zero-order valence-corrected chi connectivity index (χ0v) is 17.2. The monoisotopic (exact) mass is 419 g/mol. The lowest BCUT2D eigenvalue weighted by atomic mass is 10.1. The molecule has 3 rings (SSSR count). The fourth-order valence-corrected chi connectivity index (χ4v) is 4.83. The van der Waals surface area contributed by atoms with E-state index in [-0.39, 0.29) is 26.9 Å². The summed E-state index contributed by atoms with van der Waals surface area (Å²) in [4.78, 5) is 24.1. The summed E-state index contributed by atoms with van der Waals surface area (Å²) in [6.45, 7) is 2.55. The van der Waals surface area contributed by atoms with Gasteiger partial charge in [-0.1, -0.05) is 36.8 Å². The molecule has 0 aliphatic carbocycles. The summed E-state index contributed by atoms with van der Waals surface area (Å²) >= 11 is 0.986. The molecule has 0 bridgehead atoms. The normalized spacial score (nSPS) is 11.5. The lowest BCUT2D eigenvalue weighted by Gasteiger charge is -2.13. The number of amides is 1. The van der Waals surface area contributed by atoms with Crippen molar-refractivity contribution in [2.75, 3.05) is 11.3 Å². The van der Waals surface area contributed by atoms with E-state index in [1.807, 2.05) is 6.92 Å². The molecule has 2 N–H and O–H groups in total. The van der Waals surface area contributed by atoms with Crippen molar-refractivity contribution in [3.8, 4) is 0 Å². The van der Waals surface area contributed by atoms with E-state index in [1.54, 1.807) is 37.4 Å². The van der Waals surface area contributed by atoms with Crippen molar-refractivity contribution >= 4 is 43.2 Å². The third-order valence-electron chi connectivity index (χ3n) is 4.31. The number of nitrogens with one attached hydrogen (secondary N) is 2. The minimum Gasteiger partial charge on any atom is -0.352 e. The van der Waals surface area contributed by atoms with Gasteiger partial charge >= 0.3 is 4.87 Å². The number of aryl methyl sites for hydroxylation is 1. The van der Waals surface area contributed by atoms with Crippen molar-refractivity contribution in [1.29, 1.82) is 0 Å². The number of sulfonamides is 1. The Balaban J connectivity index is 1.91. The number of aromatic nitrogens is 1. The molecule has 148 valence electrons. The van der Waals surface area contributed by atoms with E-state index in [4.69, 9.17) is 0 Å². The Morgan fingerprint density at radius 2 is 1.93 bits per heavy atom. The molecule has 0 aliphatic heterocycles. The number of hydrogen-bond donors (Lipinski definition) is 2. The van der Waals surface area contributed by atoms with Crippen molar-refractivity contribution in [2.45, 2.75) is 24.7 Å². The van der Waals surface area contributed by atoms with Crippen LogP contribution in [0.4, 0.5) is 5.69 Å². The maximum absolute atomic E-state index is 12.8. The van der Waals surface area contributed by atoms with Gasteiger partial charge in [-0.15, -0.1) is 0 Å². The van der Waals surface area contributed by atoms with Crippen LogP contribution in [0.3, 0.4) is 0 Å². The predicted octanol–water partition coefficient (Wildman–Crippen LogP) is 2.93. The Hall–Kier alpha value is -2.65. The van der Waals surface area contributed by atoms with E-state index in [0.29, 0.717) is 16.8 Å². The SMILES string of the molecule is CCCCNC(=O)c1ccccc1NS(=O)(=O)c1ccc2c(c1)sc(=O)n2C. The third-order valence-corrected chi connectivity index (χ3v) is 6.66. The van der Waals surface area contributed by atoms with E-state index in [0.717, 1.165) is 24.2 Å². The summed E-state index contributed by atoms with van der Waals surface area (Å²) in [6, 6.07) is 11.0. The van der Waals surface area contributed by atoms with Crippen LogP contribution in [-0.2, 0) is 17.1 Å². The molecule has 9 heteroatoms. The van der Waals surface area contributed by atoms with Crippen LogP contribution < -0.4 is 14.9 Å². The highest BCUT2D eigenvalue weighted by Crippen LogP contribution is 2.24. The molecular weight excluding hydrogens is 398 g/mol. The van der Waals surface area contributed by atoms with Crippen molar-refractivity contribution in [2.24, 2.45) is 7.05 Å². The van der Waals surface area contributed by atoms with E-state index >= 15 is 0 Å². The molecule has 2 aromatic carbocycles. The fraction of sp³-hybridized carbons (Fsp3) is 0.263. The summed E-state index contributed by atoms with van der Waals surface area (Å²) in [7, 11) is -2.28. The van der Waals surface area contributed by atoms with Crippen LogP contribution in [0.5, 0.6) is 0 Å². The van der Waals surface area contributed by atoms with Gasteiger partial charge in [-0.3, -0.25) is 14.3 Å². The number of carbonyl (C=O) groups excluding carboxylic acids is 1. The third kappa shape index (κ3) is 4.10. The Morgan fingerprint density at radius 3 is 2.68 bits per heavy atom. The average Bonchev–Trinajstić information content (AvgIpc) is 2.95. The average molecular weight is 420 g/mol. The summed E-state index contributed by atoms with van der Waals surface area (Å²) in [5.41, 5.74) is 1.13. The van der Waals surface area contributed by atoms with Gasteiger partial charge < -0.3 is 9.88 Å². The van der Waals surface area contributed by atoms with E-state index in [2.05, 4.69) is 10.0 Å². The number of nitrogens with zero attached hydrogens (tertiary/aromatic N) is 1. The molecule has 0 saturated carbocycles. The molecule has 3 aromatic rings. The molecule has 0 spiro atoms. The molecule has 0 aliphatic rings. The Bertz CT molecular complexity index is 1180. The molecule has 1 amide bonds. The first-order valence-electron chi connectivity index (χ1n) is 8.83. The molecule has 1 heterocycles. The van der Waals surface area contributed by atoms with Gasteiger partial charge in [-0.2, -0.15) is 0 Å². The fourth-order valence-electron chi connectivity index (χ4n) is 2.73. The number of rotatable bonds is 7. The number of para-hydroxylation sites is 1. The van der Waals surface area contributed by atoms with Crippen LogP contribution in [0.2, 0.25) is 0 Å². The van der Waals surface area contributed by atoms with Crippen molar-refractivity contribution in [3.05, 3.63) is 57.7 Å². The second-order valence-corrected chi connectivity index (χ2v) is 8.99. The second-order valence-electron chi connectivity index (χ2n) is 6.32. The van der Waals surface area contributed by atoms with Gasteiger partial charge in [0.1, 0.15) is 0 Å². The van der Waals surface area contributed by atoms with Crippen molar-refractivity contribution in [3.63, 3.8) is 0 Å². The maximum Gasteiger partial charge on any atom is 0.307 e. The van der Waals surface area contributed by atoms with Crippen LogP contribution in [0.15, 0.2) is 52.2 Å². The number of unbranched alkanes of at least 4 members (excludes halogenated alkanes) is 1. The highest BCUT2D eigenvalue weighted by Gasteiger charge is 2.19. The summed E-state index contributed by atoms with van der Waals surface area (Å²) in [6.07, 6.45) is 1.79. The molecule has 0 radical (unpaired) electrons. The molecule has 0 unspecified atom stereocenters. The highest BCUT2D eigenvalue weighted by molar-refractivity contribution is 7.92. The number of thiazole rings is 1. The number of anilines is 1. The van der Waals surface area contributed by atoms with Crippen molar-refractivity contribution < 1.29 is 13.2 Å². The molecule has 1 aromatic heterocycles. The summed E-state index contributed by atoms with van der Waals surface area (Å²) in [5, 5.41) is 2.79. The Labute approximate surface area is 167 Å². The van der Waals surface area contributed by atoms with Gasteiger partial charge in [-0.05, 0) is 36.8 Å². The molecule has 0 saturated heterocycles. The number of fused-ring (bicyclic) bond motifs is 1. The number of hydrogen-bond acceptors (Lipinski definition) is 5. The van der Waals surface area contributed by atoms with Gasteiger partial charge in [0.05, 0.1) is 26.4 Å². The largest absolute Gasteiger partial charge is 0.352 e. The first kappa shape index (κ1) is 20.1. The van der Waals surface area contributed by atoms with Crippen LogP contribution in [-0.4, -0.2) is 25.4 Å². The number of carbonyl (C=O) groups is 1. The first-order valence-corrected chi connectivity index (χ1v) is 11.1. The topological polar surface area (TPSA) is 97.3 Å². The van der Waals surface area contributed by atoms with Gasteiger partial charge in [0, 0.05) is 13.6 Å². The van der Waals surface area contributed by atoms with Crippen molar-refractivity contribution in [1.82, 2.24) is 9.88 Å². The molecule has 7 nitrogen and oxygen atoms in total. The quantitative estimate of drug-likeness (QED) is 0.576. The highest BCUT2D eigenvalue weighted by atomic mass is 32.2. The smallest absolute Gasteiger partial charge is 0.307 e. The zero-order chi connectivity index (χ0) is 20.3. The van der Waals surface area contributed by atoms with Crippen LogP contribution >= 0.6 is 11.3 Å². The van der Waals surface area contributed by atoms with Crippen LogP contribution in [0, 0.1) is 0 Å². The minimum atomic E-state index is -3.92. The zero-order valence-electron chi connectivity index (χ0n) is 15.6. The lowest BCUT2D eigenvalue weighted by molar-refractivity contribution is 0.0954. The Morgan fingerprint density at radius 1 is 1.18 bits per heavy atom. The maximum atomic E-state index is 12.8. The molecule has 0 fully saturated rings. The standard InChI is InChI=1S/C19H21N3O4S2/c1-3-4-11-20-18(23)14-7-5-6-8-15(14)21-28(25,26)13-9-10-16-17(12-13)27-19(24)22(16)2/h5-10,12,21H,3-4,11H2,1-2H3,(H,20,23). The Kier molecular flexibility index (Phi) is 5.85. The minimum absolute atomic E-state index is 0.0306. The van der Waals surface area contributed by atoms with Crippen LogP contribution in [0.1, 0.15) is 30.1 Å². The van der Waals surface area contributed by atoms with Crippen LogP contribution in [0.25, 0.3) is 10.2 Å². The number of benzene rings is 2. The van der Waals surface area contributed by atoms with E-state index in [9.17, 15) is 18.0 Å². The van der Waals surface area contributed by atoms with Gasteiger partial charge in [-0.25, -0.2) is 8.42 Å². The summed E-state index contributed by atoms with van der Waals surface area (Å²) in [5.74, 6) is -0.330. The van der Waals surface area contributed by atoms with E-state index < -0.39 is 10.0 Å². The first-order chi connectivity index (χ1) is 13.3. The molecule has 0 atom stereocenters. The lowest BCUT2D eigenvalue weighted by Crippen LogP contribution is -2.26. The summed E-state index contributed by atoms with van der Waals surface area (Å²) < 4.78 is 30.2. The van der Waals surface area contributed by atoms with Gasteiger partial charge in [0.2, 0.25) is 0 Å². The van der Waals surface area contributed by atoms with Gasteiger partial charge in [0.15, 0.2) is 0 Å². The second kappa shape index (κ2) is 8.15. The molecule has 28 heavy (non-hydrogen) atoms. The predicted molar refractivity (Wildman–Crippen MR) is 112 cm³/mol. The van der Waals surface area contributed by atoms with E-state index in [1.165, 1.54) is 16.7 Å².